The summed E-state index contributed by atoms with van der Waals surface area (Å²) in [5.74, 6) is 0.899. The van der Waals surface area contributed by atoms with Crippen LogP contribution < -0.4 is 10.5 Å². The topological polar surface area (TPSA) is 40.2 Å². The molecule has 0 atom stereocenters. The van der Waals surface area contributed by atoms with Crippen LogP contribution in [0.1, 0.15) is 31.5 Å². The van der Waals surface area contributed by atoms with Gasteiger partial charge in [0.25, 0.3) is 0 Å². The van der Waals surface area contributed by atoms with Crippen molar-refractivity contribution >= 4 is 10.9 Å². The number of nitrogens with zero attached hydrogens (tertiary/aromatic N) is 1. The molecule has 19 heavy (non-hydrogen) atoms. The number of ether oxygens (including phenoxy) is 1. The van der Waals surface area contributed by atoms with Gasteiger partial charge < -0.3 is 15.0 Å². The van der Waals surface area contributed by atoms with Gasteiger partial charge in [0.15, 0.2) is 0 Å². The van der Waals surface area contributed by atoms with Gasteiger partial charge >= 0.3 is 0 Å². The third kappa shape index (κ3) is 2.23. The minimum absolute atomic E-state index is 0.0902. The molecular weight excluding hydrogens is 236 g/mol. The maximum atomic E-state index is 5.77. The van der Waals surface area contributed by atoms with Crippen molar-refractivity contribution in [2.45, 2.75) is 32.6 Å². The zero-order chi connectivity index (χ0) is 14.2. The van der Waals surface area contributed by atoms with Crippen LogP contribution in [-0.2, 0) is 12.5 Å². The third-order valence-corrected chi connectivity index (χ3v) is 4.15. The second-order valence-corrected chi connectivity index (χ2v) is 5.83. The van der Waals surface area contributed by atoms with Crippen LogP contribution in [0.5, 0.6) is 5.75 Å². The van der Waals surface area contributed by atoms with E-state index >= 15 is 0 Å². The van der Waals surface area contributed by atoms with Crippen molar-refractivity contribution in [3.63, 3.8) is 0 Å². The molecular formula is C16H24N2O. The first-order valence-electron chi connectivity index (χ1n) is 6.76. The second kappa shape index (κ2) is 4.89. The normalized spacial score (nSPS) is 12.1. The Morgan fingerprint density at radius 3 is 2.58 bits per heavy atom. The number of aromatic nitrogens is 1. The van der Waals surface area contributed by atoms with E-state index in [2.05, 4.69) is 44.5 Å². The molecule has 0 spiro atoms. The summed E-state index contributed by atoms with van der Waals surface area (Å²) in [6, 6.07) is 6.29. The largest absolute Gasteiger partial charge is 0.497 e. The molecule has 3 nitrogen and oxygen atoms in total. The summed E-state index contributed by atoms with van der Waals surface area (Å²) in [4.78, 5) is 0. The fraction of sp³-hybridized carbons (Fsp3) is 0.500. The fourth-order valence-corrected chi connectivity index (χ4v) is 3.01. The van der Waals surface area contributed by atoms with Crippen LogP contribution >= 0.6 is 0 Å². The van der Waals surface area contributed by atoms with Gasteiger partial charge in [-0.1, -0.05) is 13.8 Å². The Balaban J connectivity index is 2.71. The van der Waals surface area contributed by atoms with Crippen molar-refractivity contribution in [2.24, 2.45) is 12.8 Å². The number of benzene rings is 1. The van der Waals surface area contributed by atoms with Gasteiger partial charge in [-0.15, -0.1) is 0 Å². The summed E-state index contributed by atoms with van der Waals surface area (Å²) in [7, 11) is 3.81. The van der Waals surface area contributed by atoms with E-state index in [0.717, 1.165) is 12.2 Å². The Morgan fingerprint density at radius 1 is 1.32 bits per heavy atom. The molecule has 2 aromatic rings. The van der Waals surface area contributed by atoms with E-state index in [1.54, 1.807) is 7.11 Å². The monoisotopic (exact) mass is 260 g/mol. The van der Waals surface area contributed by atoms with Gasteiger partial charge in [0.05, 0.1) is 12.6 Å². The van der Waals surface area contributed by atoms with Gasteiger partial charge in [0.2, 0.25) is 0 Å². The smallest absolute Gasteiger partial charge is 0.120 e. The highest BCUT2D eigenvalue weighted by atomic mass is 16.5. The molecule has 0 aliphatic heterocycles. The van der Waals surface area contributed by atoms with E-state index in [-0.39, 0.29) is 5.41 Å². The molecule has 0 fully saturated rings. The van der Waals surface area contributed by atoms with E-state index in [1.807, 2.05) is 6.07 Å². The van der Waals surface area contributed by atoms with Crippen LogP contribution in [0.25, 0.3) is 10.9 Å². The minimum atomic E-state index is 0.0902. The highest BCUT2D eigenvalue weighted by Crippen LogP contribution is 2.38. The second-order valence-electron chi connectivity index (χ2n) is 5.83. The lowest BCUT2D eigenvalue weighted by molar-refractivity contribution is 0.415. The van der Waals surface area contributed by atoms with Crippen molar-refractivity contribution in [2.75, 3.05) is 13.7 Å². The van der Waals surface area contributed by atoms with Crippen molar-refractivity contribution in [3.8, 4) is 5.75 Å². The average Bonchev–Trinajstić information content (AvgIpc) is 2.62. The van der Waals surface area contributed by atoms with E-state index in [9.17, 15) is 0 Å². The number of aryl methyl sites for hydroxylation is 1. The van der Waals surface area contributed by atoms with Crippen LogP contribution in [0.3, 0.4) is 0 Å². The molecule has 104 valence electrons. The number of rotatable bonds is 4. The maximum Gasteiger partial charge on any atom is 0.120 e. The number of fused-ring (bicyclic) bond motifs is 1. The van der Waals surface area contributed by atoms with Gasteiger partial charge in [-0.25, -0.2) is 0 Å². The van der Waals surface area contributed by atoms with Crippen molar-refractivity contribution in [1.29, 1.82) is 0 Å². The van der Waals surface area contributed by atoms with Crippen LogP contribution in [0.2, 0.25) is 0 Å². The van der Waals surface area contributed by atoms with E-state index in [1.165, 1.54) is 22.2 Å². The van der Waals surface area contributed by atoms with Crippen molar-refractivity contribution in [1.82, 2.24) is 4.57 Å². The van der Waals surface area contributed by atoms with E-state index < -0.39 is 0 Å². The van der Waals surface area contributed by atoms with Gasteiger partial charge in [-0.2, -0.15) is 0 Å². The Labute approximate surface area is 115 Å². The maximum absolute atomic E-state index is 5.77. The molecule has 0 amide bonds. The summed E-state index contributed by atoms with van der Waals surface area (Å²) in [5.41, 5.74) is 9.79. The first-order chi connectivity index (χ1) is 8.92. The lowest BCUT2D eigenvalue weighted by atomic mass is 9.80. The number of methoxy groups -OCH3 is 1. The summed E-state index contributed by atoms with van der Waals surface area (Å²) >= 11 is 0. The number of hydrogen-bond donors (Lipinski definition) is 1. The Morgan fingerprint density at radius 2 is 2.00 bits per heavy atom. The highest BCUT2D eigenvalue weighted by molar-refractivity contribution is 5.87. The Kier molecular flexibility index (Phi) is 3.59. The molecule has 0 saturated heterocycles. The van der Waals surface area contributed by atoms with E-state index in [0.29, 0.717) is 6.54 Å². The van der Waals surface area contributed by atoms with Gasteiger partial charge in [0.1, 0.15) is 5.75 Å². The highest BCUT2D eigenvalue weighted by Gasteiger charge is 2.27. The lowest BCUT2D eigenvalue weighted by Crippen LogP contribution is -2.22. The van der Waals surface area contributed by atoms with Crippen molar-refractivity contribution in [3.05, 3.63) is 29.5 Å². The summed E-state index contributed by atoms with van der Waals surface area (Å²) in [5, 5.41) is 1.30. The Bertz CT molecular complexity index is 596. The minimum Gasteiger partial charge on any atom is -0.497 e. The zero-order valence-corrected chi connectivity index (χ0v) is 12.6. The SMILES string of the molecule is COc1ccc2c(C(C)(C)CCN)c(C)n(C)c2c1. The average molecular weight is 260 g/mol. The molecule has 1 aromatic carbocycles. The first kappa shape index (κ1) is 13.9. The molecule has 0 aliphatic rings. The van der Waals surface area contributed by atoms with Crippen molar-refractivity contribution < 1.29 is 4.74 Å². The fourth-order valence-electron chi connectivity index (χ4n) is 3.01. The molecule has 0 saturated carbocycles. The summed E-state index contributed by atoms with van der Waals surface area (Å²) in [6.07, 6.45) is 0.985. The first-order valence-corrected chi connectivity index (χ1v) is 6.76. The number of hydrogen-bond acceptors (Lipinski definition) is 2. The number of nitrogens with two attached hydrogens (primary N) is 1. The molecule has 1 aromatic heterocycles. The molecule has 0 unspecified atom stereocenters. The predicted octanol–water partition coefficient (Wildman–Crippen LogP) is 3.12. The lowest BCUT2D eigenvalue weighted by Gasteiger charge is -2.25. The third-order valence-electron chi connectivity index (χ3n) is 4.15. The van der Waals surface area contributed by atoms with Gasteiger partial charge in [0, 0.05) is 24.2 Å². The van der Waals surface area contributed by atoms with E-state index in [4.69, 9.17) is 10.5 Å². The van der Waals surface area contributed by atoms with Crippen LogP contribution in [0.4, 0.5) is 0 Å². The van der Waals surface area contributed by atoms with Crippen LogP contribution in [-0.4, -0.2) is 18.2 Å². The summed E-state index contributed by atoms with van der Waals surface area (Å²) in [6.45, 7) is 7.43. The molecule has 0 radical (unpaired) electrons. The molecule has 3 heteroatoms. The van der Waals surface area contributed by atoms with Gasteiger partial charge in [-0.05, 0) is 43.0 Å². The molecule has 1 heterocycles. The zero-order valence-electron chi connectivity index (χ0n) is 12.6. The van der Waals surface area contributed by atoms with Crippen LogP contribution in [0.15, 0.2) is 18.2 Å². The predicted molar refractivity (Wildman–Crippen MR) is 80.9 cm³/mol. The standard InChI is InChI=1S/C16H24N2O/c1-11-15(16(2,3)8-9-17)13-7-6-12(19-5)10-14(13)18(11)4/h6-7,10H,8-9,17H2,1-5H3. The van der Waals surface area contributed by atoms with Crippen LogP contribution in [0, 0.1) is 6.92 Å². The van der Waals surface area contributed by atoms with Gasteiger partial charge in [-0.3, -0.25) is 0 Å². The molecule has 0 bridgehead atoms. The summed E-state index contributed by atoms with van der Waals surface area (Å²) < 4.78 is 7.57. The Hall–Kier alpha value is -1.48. The molecule has 2 rings (SSSR count). The quantitative estimate of drug-likeness (QED) is 0.917. The molecule has 2 N–H and O–H groups in total. The molecule has 0 aliphatic carbocycles.